The normalized spacial score (nSPS) is 17.4. The van der Waals surface area contributed by atoms with E-state index in [1.807, 2.05) is 17.9 Å². The van der Waals surface area contributed by atoms with Crippen LogP contribution in [0, 0.1) is 0 Å². The van der Waals surface area contributed by atoms with Crippen molar-refractivity contribution in [3.63, 3.8) is 0 Å². The first-order valence-corrected chi connectivity index (χ1v) is 6.67. The molecule has 1 aliphatic rings. The highest BCUT2D eigenvalue weighted by atomic mass is 15.2. The van der Waals surface area contributed by atoms with Crippen LogP contribution in [-0.2, 0) is 13.5 Å². The molecule has 0 amide bonds. The van der Waals surface area contributed by atoms with E-state index >= 15 is 0 Å². The van der Waals surface area contributed by atoms with Crippen molar-refractivity contribution < 1.29 is 0 Å². The summed E-state index contributed by atoms with van der Waals surface area (Å²) in [5, 5.41) is 8.98. The fourth-order valence-electron chi connectivity index (χ4n) is 2.73. The minimum absolute atomic E-state index is 1.11. The molecule has 3 rings (SSSR count). The Morgan fingerprint density at radius 2 is 2.11 bits per heavy atom. The molecule has 0 bridgehead atoms. The Kier molecular flexibility index (Phi) is 3.30. The molecule has 18 heavy (non-hydrogen) atoms. The number of nitrogens with one attached hydrogen (secondary N) is 1. The minimum Gasteiger partial charge on any atom is -0.314 e. The summed E-state index contributed by atoms with van der Waals surface area (Å²) in [4.78, 5) is 2.53. The topological polar surface area (TPSA) is 33.1 Å². The average molecular weight is 244 g/mol. The van der Waals surface area contributed by atoms with Crippen LogP contribution >= 0.6 is 0 Å². The number of nitrogens with zero attached hydrogens (tertiary/aromatic N) is 3. The first-order valence-electron chi connectivity index (χ1n) is 6.67. The molecule has 0 unspecified atom stereocenters. The quantitative estimate of drug-likeness (QED) is 0.875. The van der Waals surface area contributed by atoms with Gasteiger partial charge in [-0.3, -0.25) is 4.68 Å². The Bertz CT molecular complexity index is 526. The molecule has 0 spiro atoms. The SMILES string of the molecule is Cn1ncc2cccc(CCN3CCNCC3)c21. The van der Waals surface area contributed by atoms with Gasteiger partial charge in [0.25, 0.3) is 0 Å². The van der Waals surface area contributed by atoms with Crippen LogP contribution in [0.5, 0.6) is 0 Å². The molecule has 1 aliphatic heterocycles. The van der Waals surface area contributed by atoms with Gasteiger partial charge >= 0.3 is 0 Å². The van der Waals surface area contributed by atoms with Gasteiger partial charge < -0.3 is 10.2 Å². The number of rotatable bonds is 3. The van der Waals surface area contributed by atoms with E-state index in [1.165, 1.54) is 29.6 Å². The van der Waals surface area contributed by atoms with E-state index in [4.69, 9.17) is 0 Å². The summed E-state index contributed by atoms with van der Waals surface area (Å²) in [5.41, 5.74) is 2.69. The van der Waals surface area contributed by atoms with Crippen LogP contribution in [0.25, 0.3) is 10.9 Å². The predicted molar refractivity (Wildman–Crippen MR) is 73.7 cm³/mol. The molecule has 96 valence electrons. The highest BCUT2D eigenvalue weighted by Crippen LogP contribution is 2.18. The van der Waals surface area contributed by atoms with Gasteiger partial charge in [0.1, 0.15) is 0 Å². The molecule has 2 heterocycles. The second kappa shape index (κ2) is 5.08. The van der Waals surface area contributed by atoms with Crippen LogP contribution in [0.3, 0.4) is 0 Å². The maximum absolute atomic E-state index is 4.34. The number of aryl methyl sites for hydroxylation is 1. The number of aromatic nitrogens is 2. The molecule has 2 aromatic rings. The summed E-state index contributed by atoms with van der Waals surface area (Å²) in [7, 11) is 2.02. The fourth-order valence-corrected chi connectivity index (χ4v) is 2.73. The van der Waals surface area contributed by atoms with Gasteiger partial charge in [0.15, 0.2) is 0 Å². The standard InChI is InChI=1S/C14H20N4/c1-17-14-12(3-2-4-13(14)11-16-17)5-8-18-9-6-15-7-10-18/h2-4,11,15H,5-10H2,1H3. The third-order valence-corrected chi connectivity index (χ3v) is 3.75. The van der Waals surface area contributed by atoms with Gasteiger partial charge in [-0.15, -0.1) is 0 Å². The van der Waals surface area contributed by atoms with Crippen molar-refractivity contribution in [2.75, 3.05) is 32.7 Å². The zero-order valence-electron chi connectivity index (χ0n) is 10.9. The maximum atomic E-state index is 4.34. The molecule has 1 aromatic heterocycles. The zero-order chi connectivity index (χ0) is 12.4. The van der Waals surface area contributed by atoms with Crippen LogP contribution < -0.4 is 5.32 Å². The van der Waals surface area contributed by atoms with Crippen molar-refractivity contribution in [1.82, 2.24) is 20.0 Å². The van der Waals surface area contributed by atoms with Gasteiger partial charge in [-0.25, -0.2) is 0 Å². The molecule has 0 aliphatic carbocycles. The Hall–Kier alpha value is -1.39. The molecule has 4 heteroatoms. The van der Waals surface area contributed by atoms with Gasteiger partial charge in [-0.1, -0.05) is 18.2 Å². The van der Waals surface area contributed by atoms with Crippen molar-refractivity contribution in [2.24, 2.45) is 7.05 Å². The van der Waals surface area contributed by atoms with E-state index in [9.17, 15) is 0 Å². The molecule has 1 N–H and O–H groups in total. The molecule has 4 nitrogen and oxygen atoms in total. The average Bonchev–Trinajstić information content (AvgIpc) is 2.80. The number of fused-ring (bicyclic) bond motifs is 1. The molecule has 0 atom stereocenters. The number of hydrogen-bond donors (Lipinski definition) is 1. The zero-order valence-corrected chi connectivity index (χ0v) is 10.9. The smallest absolute Gasteiger partial charge is 0.0711 e. The predicted octanol–water partition coefficient (Wildman–Crippen LogP) is 1.02. The Morgan fingerprint density at radius 3 is 2.94 bits per heavy atom. The summed E-state index contributed by atoms with van der Waals surface area (Å²) < 4.78 is 1.99. The Labute approximate surface area is 108 Å². The van der Waals surface area contributed by atoms with E-state index in [-0.39, 0.29) is 0 Å². The van der Waals surface area contributed by atoms with Crippen LogP contribution in [0.1, 0.15) is 5.56 Å². The van der Waals surface area contributed by atoms with E-state index in [0.29, 0.717) is 0 Å². The second-order valence-electron chi connectivity index (χ2n) is 4.96. The highest BCUT2D eigenvalue weighted by molar-refractivity contribution is 5.81. The second-order valence-corrected chi connectivity index (χ2v) is 4.96. The van der Waals surface area contributed by atoms with Crippen molar-refractivity contribution in [3.05, 3.63) is 30.0 Å². The van der Waals surface area contributed by atoms with Gasteiger partial charge in [0, 0.05) is 45.2 Å². The monoisotopic (exact) mass is 244 g/mol. The van der Waals surface area contributed by atoms with E-state index in [2.05, 4.69) is 33.5 Å². The van der Waals surface area contributed by atoms with Crippen LogP contribution in [0.2, 0.25) is 0 Å². The number of hydrogen-bond acceptors (Lipinski definition) is 3. The lowest BCUT2D eigenvalue weighted by molar-refractivity contribution is 0.244. The van der Waals surface area contributed by atoms with Crippen LogP contribution in [0.15, 0.2) is 24.4 Å². The molecule has 0 saturated carbocycles. The summed E-state index contributed by atoms with van der Waals surface area (Å²) >= 11 is 0. The maximum Gasteiger partial charge on any atom is 0.0711 e. The molecule has 0 radical (unpaired) electrons. The van der Waals surface area contributed by atoms with Gasteiger partial charge in [-0.2, -0.15) is 5.10 Å². The van der Waals surface area contributed by atoms with E-state index in [1.54, 1.807) is 0 Å². The van der Waals surface area contributed by atoms with Crippen LogP contribution in [-0.4, -0.2) is 47.4 Å². The third kappa shape index (κ3) is 2.26. The summed E-state index contributed by atoms with van der Waals surface area (Å²) in [6.45, 7) is 5.72. The van der Waals surface area contributed by atoms with Crippen molar-refractivity contribution in [3.8, 4) is 0 Å². The Morgan fingerprint density at radius 1 is 1.28 bits per heavy atom. The number of benzene rings is 1. The summed E-state index contributed by atoms with van der Waals surface area (Å²) in [5.74, 6) is 0. The molecule has 1 fully saturated rings. The molecular weight excluding hydrogens is 224 g/mol. The van der Waals surface area contributed by atoms with Gasteiger partial charge in [-0.05, 0) is 12.0 Å². The summed E-state index contributed by atoms with van der Waals surface area (Å²) in [6.07, 6.45) is 3.06. The first kappa shape index (κ1) is 11.7. The fraction of sp³-hybridized carbons (Fsp3) is 0.500. The Balaban J connectivity index is 1.75. The lowest BCUT2D eigenvalue weighted by Crippen LogP contribution is -2.44. The first-order chi connectivity index (χ1) is 8.84. The third-order valence-electron chi connectivity index (χ3n) is 3.75. The minimum atomic E-state index is 1.11. The lowest BCUT2D eigenvalue weighted by Gasteiger charge is -2.27. The van der Waals surface area contributed by atoms with Crippen molar-refractivity contribution in [1.29, 1.82) is 0 Å². The van der Waals surface area contributed by atoms with Gasteiger partial charge in [0.2, 0.25) is 0 Å². The number of piperazine rings is 1. The molecule has 1 saturated heterocycles. The van der Waals surface area contributed by atoms with Crippen molar-refractivity contribution in [2.45, 2.75) is 6.42 Å². The molecule has 1 aromatic carbocycles. The van der Waals surface area contributed by atoms with E-state index < -0.39 is 0 Å². The van der Waals surface area contributed by atoms with Gasteiger partial charge in [0.05, 0.1) is 11.7 Å². The van der Waals surface area contributed by atoms with Crippen molar-refractivity contribution >= 4 is 10.9 Å². The molecular formula is C14H20N4. The van der Waals surface area contributed by atoms with E-state index in [0.717, 1.165) is 26.1 Å². The summed E-state index contributed by atoms with van der Waals surface area (Å²) in [6, 6.07) is 6.50. The largest absolute Gasteiger partial charge is 0.314 e. The van der Waals surface area contributed by atoms with Crippen LogP contribution in [0.4, 0.5) is 0 Å². The lowest BCUT2D eigenvalue weighted by atomic mass is 10.1. The highest BCUT2D eigenvalue weighted by Gasteiger charge is 2.11. The number of para-hydroxylation sites is 1.